The fourth-order valence-corrected chi connectivity index (χ4v) is 5.60. The molecule has 0 aliphatic carbocycles. The van der Waals surface area contributed by atoms with Crippen molar-refractivity contribution in [1.29, 1.82) is 0 Å². The number of carbonyl (C=O) groups excluding carboxylic acids is 6. The second kappa shape index (κ2) is 16.1. The standard InChI is InChI=1S/C10H5Cl2NO4.C10H7Cl2NO2.C8H3Cl2NO2.Na.H2O.H/c11-5-2-1-4-8(7(5)12)13(3-6(14)15)10(17)9(4)16;1-2-13-8-5(9(14)10(13)15)3-4-6(11)7(8)12;9-4-2-1-3-6(5(4)10)11-8(13)7(3)12;;;/h1-2H,3H2,(H,14,15);3-4H,2H2,1H3;1-2H,(H,11,12,13);;1H2;/q;;;+1;;-1/p+1. The van der Waals surface area contributed by atoms with E-state index < -0.39 is 47.6 Å². The van der Waals surface area contributed by atoms with E-state index in [1.165, 1.54) is 41.3 Å². The summed E-state index contributed by atoms with van der Waals surface area (Å²) in [5.41, 5.74) is 1.49. The minimum absolute atomic E-state index is 0. The number of anilines is 3. The Morgan fingerprint density at radius 2 is 1.09 bits per heavy atom. The fraction of sp³-hybridized carbons (Fsp3) is 0.107. The Labute approximate surface area is 318 Å². The molecule has 0 spiro atoms. The Kier molecular flexibility index (Phi) is 13.8. The van der Waals surface area contributed by atoms with Crippen molar-refractivity contribution in [1.82, 2.24) is 0 Å². The number of Topliss-reactive ketones (excluding diaryl/α,β-unsaturated/α-hetero) is 3. The molecule has 0 radical (unpaired) electrons. The summed E-state index contributed by atoms with van der Waals surface area (Å²) < 4.78 is 0. The molecule has 5 N–H and O–H groups in total. The number of ketones is 3. The molecule has 0 atom stereocenters. The molecule has 0 saturated carbocycles. The normalized spacial score (nSPS) is 13.8. The van der Waals surface area contributed by atoms with E-state index in [0.717, 1.165) is 4.90 Å². The summed E-state index contributed by atoms with van der Waals surface area (Å²) in [4.78, 5) is 81.1. The van der Waals surface area contributed by atoms with Crippen molar-refractivity contribution in [3.63, 3.8) is 0 Å². The second-order valence-electron chi connectivity index (χ2n) is 9.07. The average molecular weight is 777 g/mol. The summed E-state index contributed by atoms with van der Waals surface area (Å²) in [5, 5.41) is 12.3. The first-order chi connectivity index (χ1) is 21.1. The number of nitrogens with zero attached hydrogens (tertiary/aromatic N) is 2. The van der Waals surface area contributed by atoms with Crippen LogP contribution in [0.25, 0.3) is 0 Å². The third kappa shape index (κ3) is 7.62. The topological polar surface area (TPSA) is 191 Å². The number of carboxylic acid groups (broad SMARTS) is 1. The number of halogens is 6. The van der Waals surface area contributed by atoms with Gasteiger partial charge in [0.15, 0.2) is 0 Å². The van der Waals surface area contributed by atoms with Gasteiger partial charge in [-0.3, -0.25) is 38.5 Å². The molecule has 0 saturated heterocycles. The zero-order valence-corrected chi connectivity index (χ0v) is 30.5. The zero-order valence-electron chi connectivity index (χ0n) is 24.9. The van der Waals surface area contributed by atoms with Crippen molar-refractivity contribution < 1.29 is 75.1 Å². The number of rotatable bonds is 3. The third-order valence-electron chi connectivity index (χ3n) is 6.44. The molecule has 12 nitrogen and oxygen atoms in total. The molecular weight excluding hydrogens is 758 g/mol. The van der Waals surface area contributed by atoms with Gasteiger partial charge in [-0.1, -0.05) is 69.6 Å². The first kappa shape index (κ1) is 40.4. The Balaban J connectivity index is 0.000000352. The summed E-state index contributed by atoms with van der Waals surface area (Å²) >= 11 is 34.9. The molecule has 19 heteroatoms. The molecular formula is C28H19Cl6N3NaO9+. The molecule has 3 amide bonds. The predicted molar refractivity (Wildman–Crippen MR) is 175 cm³/mol. The maximum atomic E-state index is 11.6. The van der Waals surface area contributed by atoms with Crippen LogP contribution < -0.4 is 44.7 Å². The summed E-state index contributed by atoms with van der Waals surface area (Å²) in [5.74, 6) is -5.24. The fourth-order valence-electron chi connectivity index (χ4n) is 4.40. The van der Waals surface area contributed by atoms with E-state index in [4.69, 9.17) is 74.7 Å². The van der Waals surface area contributed by atoms with Crippen molar-refractivity contribution in [2.75, 3.05) is 28.2 Å². The van der Waals surface area contributed by atoms with E-state index in [0.29, 0.717) is 33.5 Å². The third-order valence-corrected chi connectivity index (χ3v) is 8.83. The number of fused-ring (bicyclic) bond motifs is 3. The monoisotopic (exact) mass is 774 g/mol. The first-order valence-corrected chi connectivity index (χ1v) is 14.6. The molecule has 0 fully saturated rings. The van der Waals surface area contributed by atoms with Gasteiger partial charge in [0, 0.05) is 6.54 Å². The molecule has 3 aliphatic rings. The molecule has 0 unspecified atom stereocenters. The zero-order chi connectivity index (χ0) is 33.5. The quantitative estimate of drug-likeness (QED) is 0.230. The SMILES string of the molecule is CCN1C(=O)C(=O)c2ccc(Cl)c(Cl)c21.O=C(O)CN1C(=O)C(=O)c2ccc(Cl)c(Cl)c21.O=C1Nc2c(ccc(Cl)c2Cl)C1=O.[H-].[Na+].[OH3+]. The number of aliphatic carboxylic acids is 1. The molecule has 6 rings (SSSR count). The van der Waals surface area contributed by atoms with Gasteiger partial charge in [-0.25, -0.2) is 0 Å². The summed E-state index contributed by atoms with van der Waals surface area (Å²) in [6, 6.07) is 8.75. The number of benzene rings is 3. The average Bonchev–Trinajstić information content (AvgIpc) is 3.53. The molecule has 47 heavy (non-hydrogen) atoms. The minimum Gasteiger partial charge on any atom is -1.00 e. The van der Waals surface area contributed by atoms with Crippen LogP contribution in [0.5, 0.6) is 0 Å². The van der Waals surface area contributed by atoms with Crippen LogP contribution in [0.15, 0.2) is 36.4 Å². The molecule has 3 heterocycles. The molecule has 3 aromatic rings. The van der Waals surface area contributed by atoms with Gasteiger partial charge in [0.1, 0.15) is 6.54 Å². The Morgan fingerprint density at radius 3 is 1.53 bits per heavy atom. The van der Waals surface area contributed by atoms with E-state index in [2.05, 4.69) is 5.32 Å². The van der Waals surface area contributed by atoms with Crippen LogP contribution >= 0.6 is 69.6 Å². The van der Waals surface area contributed by atoms with Crippen LogP contribution in [-0.4, -0.2) is 59.2 Å². The minimum atomic E-state index is -1.24. The van der Waals surface area contributed by atoms with E-state index in [1.54, 1.807) is 6.92 Å². The van der Waals surface area contributed by atoms with Gasteiger partial charge < -0.3 is 22.2 Å². The van der Waals surface area contributed by atoms with Crippen LogP contribution in [0.1, 0.15) is 39.4 Å². The van der Waals surface area contributed by atoms with Gasteiger partial charge in [0.2, 0.25) is 0 Å². The number of nitrogens with one attached hydrogen (secondary N) is 1. The van der Waals surface area contributed by atoms with Crippen molar-refractivity contribution in [2.24, 2.45) is 0 Å². The second-order valence-corrected chi connectivity index (χ2v) is 11.4. The van der Waals surface area contributed by atoms with Gasteiger partial charge >= 0.3 is 35.5 Å². The van der Waals surface area contributed by atoms with Crippen LogP contribution in [0, 0.1) is 0 Å². The molecule has 3 aromatic carbocycles. The van der Waals surface area contributed by atoms with Gasteiger partial charge in [0.05, 0.1) is 63.9 Å². The summed E-state index contributed by atoms with van der Waals surface area (Å²) in [6.07, 6.45) is 0. The predicted octanol–water partition coefficient (Wildman–Crippen LogP) is 2.47. The number of carbonyl (C=O) groups is 7. The van der Waals surface area contributed by atoms with Gasteiger partial charge in [-0.15, -0.1) is 0 Å². The number of hydrogen-bond donors (Lipinski definition) is 2. The van der Waals surface area contributed by atoms with E-state index >= 15 is 0 Å². The Hall–Kier alpha value is -2.75. The number of carboxylic acids is 1. The van der Waals surface area contributed by atoms with Crippen LogP contribution in [0.2, 0.25) is 30.1 Å². The Morgan fingerprint density at radius 1 is 0.681 bits per heavy atom. The van der Waals surface area contributed by atoms with Gasteiger partial charge in [0.25, 0.3) is 35.1 Å². The summed E-state index contributed by atoms with van der Waals surface area (Å²) in [6.45, 7) is 1.55. The molecule has 0 aromatic heterocycles. The van der Waals surface area contributed by atoms with Gasteiger partial charge in [-0.05, 0) is 43.3 Å². The van der Waals surface area contributed by atoms with Crippen molar-refractivity contribution in [3.8, 4) is 0 Å². The molecule has 242 valence electrons. The van der Waals surface area contributed by atoms with Crippen molar-refractivity contribution >= 4 is 128 Å². The number of likely N-dealkylation sites (N-methyl/N-ethyl adjacent to an activating group) is 1. The van der Waals surface area contributed by atoms with Crippen LogP contribution in [0.4, 0.5) is 17.1 Å². The largest absolute Gasteiger partial charge is 1.00 e. The number of amides is 3. The maximum Gasteiger partial charge on any atom is 1.00 e. The first-order valence-electron chi connectivity index (χ1n) is 12.4. The van der Waals surface area contributed by atoms with E-state index in [1.807, 2.05) is 0 Å². The molecule has 3 aliphatic heterocycles. The van der Waals surface area contributed by atoms with E-state index in [-0.39, 0.29) is 73.4 Å². The smallest absolute Gasteiger partial charge is 1.00 e. The van der Waals surface area contributed by atoms with Crippen LogP contribution in [-0.2, 0) is 24.7 Å². The summed E-state index contributed by atoms with van der Waals surface area (Å²) in [7, 11) is 0. The van der Waals surface area contributed by atoms with Crippen molar-refractivity contribution in [2.45, 2.75) is 6.92 Å². The van der Waals surface area contributed by atoms with Gasteiger partial charge in [-0.2, -0.15) is 0 Å². The van der Waals surface area contributed by atoms with Crippen LogP contribution in [0.3, 0.4) is 0 Å². The maximum absolute atomic E-state index is 11.6. The van der Waals surface area contributed by atoms with Crippen molar-refractivity contribution in [3.05, 3.63) is 83.2 Å². The Bertz CT molecular complexity index is 1900. The number of hydrogen-bond acceptors (Lipinski definition) is 7. The van der Waals surface area contributed by atoms with E-state index in [9.17, 15) is 33.6 Å². The molecule has 0 bridgehead atoms.